The molecule has 0 amide bonds. The predicted molar refractivity (Wildman–Crippen MR) is 91.4 cm³/mol. The zero-order chi connectivity index (χ0) is 14.4. The summed E-state index contributed by atoms with van der Waals surface area (Å²) in [6.45, 7) is 4.38. The molecular weight excluding hydrogens is 264 g/mol. The maximum absolute atomic E-state index is 5.51. The molecule has 2 nitrogen and oxygen atoms in total. The van der Waals surface area contributed by atoms with Crippen molar-refractivity contribution < 1.29 is 0 Å². The smallest absolute Gasteiger partial charge is 0.171 e. The van der Waals surface area contributed by atoms with Crippen molar-refractivity contribution in [2.75, 3.05) is 5.32 Å². The molecule has 0 radical (unpaired) electrons. The van der Waals surface area contributed by atoms with Gasteiger partial charge in [-0.2, -0.15) is 0 Å². The molecule has 0 atom stereocenters. The van der Waals surface area contributed by atoms with Gasteiger partial charge in [-0.15, -0.1) is 0 Å². The van der Waals surface area contributed by atoms with Gasteiger partial charge in [-0.25, -0.2) is 0 Å². The Labute approximate surface area is 128 Å². The van der Waals surface area contributed by atoms with Crippen LogP contribution in [0, 0.1) is 0 Å². The molecule has 1 saturated carbocycles. The summed E-state index contributed by atoms with van der Waals surface area (Å²) < 4.78 is 0. The van der Waals surface area contributed by atoms with Crippen molar-refractivity contribution in [3.05, 3.63) is 29.3 Å². The maximum atomic E-state index is 5.51. The van der Waals surface area contributed by atoms with E-state index in [1.165, 1.54) is 48.9 Å². The Balaban J connectivity index is 2.02. The number of nitrogens with one attached hydrogen (secondary N) is 2. The van der Waals surface area contributed by atoms with E-state index in [4.69, 9.17) is 12.2 Å². The van der Waals surface area contributed by atoms with Gasteiger partial charge in [0.25, 0.3) is 0 Å². The predicted octanol–water partition coefficient (Wildman–Crippen LogP) is 4.43. The van der Waals surface area contributed by atoms with Crippen molar-refractivity contribution in [3.63, 3.8) is 0 Å². The highest BCUT2D eigenvalue weighted by atomic mass is 32.1. The van der Waals surface area contributed by atoms with E-state index < -0.39 is 0 Å². The van der Waals surface area contributed by atoms with E-state index in [1.54, 1.807) is 0 Å². The van der Waals surface area contributed by atoms with E-state index in [0.717, 1.165) is 18.0 Å². The van der Waals surface area contributed by atoms with Crippen LogP contribution in [0.5, 0.6) is 0 Å². The van der Waals surface area contributed by atoms with Crippen LogP contribution in [-0.4, -0.2) is 11.2 Å². The standard InChI is InChI=1S/C17H26N2S/c1-3-13-9-8-10-14(4-2)16(13)19-17(20)18-15-11-6-5-7-12-15/h8-10,15H,3-7,11-12H2,1-2H3,(H2,18,19,20). The van der Waals surface area contributed by atoms with E-state index in [0.29, 0.717) is 6.04 Å². The Kier molecular flexibility index (Phi) is 5.84. The van der Waals surface area contributed by atoms with Crippen molar-refractivity contribution in [2.24, 2.45) is 0 Å². The lowest BCUT2D eigenvalue weighted by molar-refractivity contribution is 0.415. The van der Waals surface area contributed by atoms with Gasteiger partial charge in [0.2, 0.25) is 0 Å². The van der Waals surface area contributed by atoms with Crippen LogP contribution in [0.3, 0.4) is 0 Å². The first-order valence-corrected chi connectivity index (χ1v) is 8.33. The summed E-state index contributed by atoms with van der Waals surface area (Å²) in [5.41, 5.74) is 3.90. The van der Waals surface area contributed by atoms with Crippen LogP contribution < -0.4 is 10.6 Å². The van der Waals surface area contributed by atoms with Crippen molar-refractivity contribution in [3.8, 4) is 0 Å². The fourth-order valence-electron chi connectivity index (χ4n) is 2.99. The Morgan fingerprint density at radius 1 is 1.10 bits per heavy atom. The fourth-order valence-corrected chi connectivity index (χ4v) is 3.25. The number of anilines is 1. The van der Waals surface area contributed by atoms with Crippen LogP contribution in [-0.2, 0) is 12.8 Å². The van der Waals surface area contributed by atoms with Crippen LogP contribution in [0.4, 0.5) is 5.69 Å². The number of aryl methyl sites for hydroxylation is 2. The largest absolute Gasteiger partial charge is 0.360 e. The molecule has 0 bridgehead atoms. The Morgan fingerprint density at radius 3 is 2.25 bits per heavy atom. The molecule has 0 heterocycles. The lowest BCUT2D eigenvalue weighted by Crippen LogP contribution is -2.39. The zero-order valence-corrected chi connectivity index (χ0v) is 13.5. The van der Waals surface area contributed by atoms with E-state index in [1.807, 2.05) is 0 Å². The molecule has 1 aromatic rings. The van der Waals surface area contributed by atoms with Gasteiger partial charge < -0.3 is 10.6 Å². The van der Waals surface area contributed by atoms with Crippen molar-refractivity contribution >= 4 is 23.0 Å². The normalized spacial score (nSPS) is 15.9. The lowest BCUT2D eigenvalue weighted by Gasteiger charge is -2.25. The molecule has 2 rings (SSSR count). The molecule has 1 aliphatic carbocycles. The third-order valence-electron chi connectivity index (χ3n) is 4.18. The first-order valence-electron chi connectivity index (χ1n) is 7.92. The van der Waals surface area contributed by atoms with Gasteiger partial charge >= 0.3 is 0 Å². The minimum atomic E-state index is 0.558. The number of benzene rings is 1. The average Bonchev–Trinajstić information content (AvgIpc) is 2.48. The van der Waals surface area contributed by atoms with E-state index in [9.17, 15) is 0 Å². The second kappa shape index (κ2) is 7.63. The quantitative estimate of drug-likeness (QED) is 0.802. The number of para-hydroxylation sites is 1. The molecule has 0 spiro atoms. The molecule has 1 aliphatic rings. The van der Waals surface area contributed by atoms with Crippen LogP contribution in [0.15, 0.2) is 18.2 Å². The fraction of sp³-hybridized carbons (Fsp3) is 0.588. The van der Waals surface area contributed by atoms with Crippen molar-refractivity contribution in [1.29, 1.82) is 0 Å². The minimum absolute atomic E-state index is 0.558. The molecule has 0 unspecified atom stereocenters. The number of hydrogen-bond acceptors (Lipinski definition) is 1. The third kappa shape index (κ3) is 3.95. The van der Waals surface area contributed by atoms with Crippen molar-refractivity contribution in [1.82, 2.24) is 5.32 Å². The topological polar surface area (TPSA) is 24.1 Å². The lowest BCUT2D eigenvalue weighted by atomic mass is 9.96. The Hall–Kier alpha value is -1.09. The van der Waals surface area contributed by atoms with Crippen LogP contribution in [0.2, 0.25) is 0 Å². The van der Waals surface area contributed by atoms with Gasteiger partial charge in [-0.05, 0) is 49.0 Å². The molecule has 20 heavy (non-hydrogen) atoms. The number of thiocarbonyl (C=S) groups is 1. The molecule has 1 fully saturated rings. The summed E-state index contributed by atoms with van der Waals surface area (Å²) in [5, 5.41) is 7.72. The summed E-state index contributed by atoms with van der Waals surface area (Å²) in [4.78, 5) is 0. The second-order valence-corrected chi connectivity index (χ2v) is 6.00. The summed E-state index contributed by atoms with van der Waals surface area (Å²) in [6.07, 6.45) is 8.58. The maximum Gasteiger partial charge on any atom is 0.171 e. The van der Waals surface area contributed by atoms with Gasteiger partial charge in [0, 0.05) is 11.7 Å². The molecule has 1 aromatic carbocycles. The van der Waals surface area contributed by atoms with Gasteiger partial charge in [0.05, 0.1) is 0 Å². The molecule has 3 heteroatoms. The van der Waals surface area contributed by atoms with Gasteiger partial charge in [0.1, 0.15) is 0 Å². The first kappa shape index (κ1) is 15.3. The SMILES string of the molecule is CCc1cccc(CC)c1NC(=S)NC1CCCCC1. The summed E-state index contributed by atoms with van der Waals surface area (Å²) in [7, 11) is 0. The van der Waals surface area contributed by atoms with E-state index in [-0.39, 0.29) is 0 Å². The summed E-state index contributed by atoms with van der Waals surface area (Å²) >= 11 is 5.51. The second-order valence-electron chi connectivity index (χ2n) is 5.59. The molecule has 0 aromatic heterocycles. The summed E-state index contributed by atoms with van der Waals surface area (Å²) in [5.74, 6) is 0. The molecule has 110 valence electrons. The highest BCUT2D eigenvalue weighted by molar-refractivity contribution is 7.80. The molecule has 2 N–H and O–H groups in total. The monoisotopic (exact) mass is 290 g/mol. The van der Waals surface area contributed by atoms with Crippen LogP contribution in [0.25, 0.3) is 0 Å². The van der Waals surface area contributed by atoms with Gasteiger partial charge in [-0.1, -0.05) is 51.3 Å². The summed E-state index contributed by atoms with van der Waals surface area (Å²) in [6, 6.07) is 7.07. The minimum Gasteiger partial charge on any atom is -0.360 e. The average molecular weight is 290 g/mol. The number of rotatable bonds is 4. The Bertz CT molecular complexity index is 428. The zero-order valence-electron chi connectivity index (χ0n) is 12.7. The first-order chi connectivity index (χ1) is 9.74. The van der Waals surface area contributed by atoms with Crippen molar-refractivity contribution in [2.45, 2.75) is 64.8 Å². The van der Waals surface area contributed by atoms with E-state index >= 15 is 0 Å². The van der Waals surface area contributed by atoms with E-state index in [2.05, 4.69) is 42.7 Å². The molecule has 0 aliphatic heterocycles. The van der Waals surface area contributed by atoms with Crippen LogP contribution in [0.1, 0.15) is 57.1 Å². The highest BCUT2D eigenvalue weighted by Gasteiger charge is 2.15. The van der Waals surface area contributed by atoms with Gasteiger partial charge in [0.15, 0.2) is 5.11 Å². The van der Waals surface area contributed by atoms with Gasteiger partial charge in [-0.3, -0.25) is 0 Å². The third-order valence-corrected chi connectivity index (χ3v) is 4.40. The molecular formula is C17H26N2S. The Morgan fingerprint density at radius 2 is 1.70 bits per heavy atom. The molecule has 0 saturated heterocycles. The highest BCUT2D eigenvalue weighted by Crippen LogP contribution is 2.23. The van der Waals surface area contributed by atoms with Crippen LogP contribution >= 0.6 is 12.2 Å². The number of hydrogen-bond donors (Lipinski definition) is 2.